The van der Waals surface area contributed by atoms with Crippen molar-refractivity contribution in [3.63, 3.8) is 0 Å². The lowest BCUT2D eigenvalue weighted by Crippen LogP contribution is -2.02. The first-order valence-corrected chi connectivity index (χ1v) is 7.27. The molecule has 0 fully saturated rings. The van der Waals surface area contributed by atoms with Crippen LogP contribution in [0.5, 0.6) is 0 Å². The summed E-state index contributed by atoms with van der Waals surface area (Å²) >= 11 is 3.50. The molecule has 3 rings (SSSR count). The van der Waals surface area contributed by atoms with E-state index in [1.165, 1.54) is 0 Å². The highest BCUT2D eigenvalue weighted by Gasteiger charge is 2.15. The van der Waals surface area contributed by atoms with Crippen LogP contribution in [0.4, 0.5) is 5.69 Å². The molecule has 1 aromatic heterocycles. The molecule has 106 valence electrons. The summed E-state index contributed by atoms with van der Waals surface area (Å²) in [6.45, 7) is 4.11. The van der Waals surface area contributed by atoms with E-state index in [2.05, 4.69) is 51.4 Å². The normalized spacial score (nSPS) is 10.8. The fourth-order valence-electron chi connectivity index (χ4n) is 2.32. The Morgan fingerprint density at radius 3 is 2.52 bits per heavy atom. The van der Waals surface area contributed by atoms with Crippen molar-refractivity contribution in [2.45, 2.75) is 13.8 Å². The van der Waals surface area contributed by atoms with Crippen molar-refractivity contribution in [1.82, 2.24) is 20.2 Å². The molecule has 5 nitrogen and oxygen atoms in total. The predicted molar refractivity (Wildman–Crippen MR) is 86.2 cm³/mol. The minimum atomic E-state index is 0.652. The Labute approximate surface area is 130 Å². The molecule has 21 heavy (non-hydrogen) atoms. The number of tetrazole rings is 1. The van der Waals surface area contributed by atoms with E-state index in [0.717, 1.165) is 26.9 Å². The summed E-state index contributed by atoms with van der Waals surface area (Å²) in [6.07, 6.45) is 0. The van der Waals surface area contributed by atoms with Gasteiger partial charge in [-0.15, -0.1) is 5.10 Å². The molecule has 0 aliphatic carbocycles. The minimum Gasteiger partial charge on any atom is -0.398 e. The highest BCUT2D eigenvalue weighted by molar-refractivity contribution is 9.10. The monoisotopic (exact) mass is 343 g/mol. The van der Waals surface area contributed by atoms with Crippen molar-refractivity contribution in [3.8, 4) is 17.1 Å². The van der Waals surface area contributed by atoms with Crippen LogP contribution < -0.4 is 5.73 Å². The van der Waals surface area contributed by atoms with E-state index in [4.69, 9.17) is 5.73 Å². The molecule has 2 aromatic carbocycles. The van der Waals surface area contributed by atoms with Gasteiger partial charge in [-0.25, -0.2) is 0 Å². The molecular weight excluding hydrogens is 330 g/mol. The van der Waals surface area contributed by atoms with Gasteiger partial charge in [0.2, 0.25) is 0 Å². The summed E-state index contributed by atoms with van der Waals surface area (Å²) in [5, 5.41) is 12.1. The second-order valence-electron chi connectivity index (χ2n) is 4.97. The van der Waals surface area contributed by atoms with Crippen LogP contribution in [-0.4, -0.2) is 20.2 Å². The number of aryl methyl sites for hydroxylation is 2. The largest absolute Gasteiger partial charge is 0.398 e. The van der Waals surface area contributed by atoms with Gasteiger partial charge in [-0.05, 0) is 75.6 Å². The van der Waals surface area contributed by atoms with Gasteiger partial charge in [0.05, 0.1) is 10.2 Å². The third kappa shape index (κ3) is 2.54. The number of hydrogen-bond acceptors (Lipinski definition) is 4. The zero-order valence-electron chi connectivity index (χ0n) is 11.7. The molecule has 0 amide bonds. The number of aromatic nitrogens is 4. The lowest BCUT2D eigenvalue weighted by Gasteiger charge is -2.09. The van der Waals surface area contributed by atoms with Gasteiger partial charge in [-0.3, -0.25) is 0 Å². The molecule has 6 heteroatoms. The molecule has 0 bridgehead atoms. The van der Waals surface area contributed by atoms with Crippen molar-refractivity contribution >= 4 is 21.6 Å². The third-order valence-electron chi connectivity index (χ3n) is 3.19. The first-order valence-electron chi connectivity index (χ1n) is 6.47. The number of rotatable bonds is 2. The number of benzene rings is 2. The molecule has 2 N–H and O–H groups in total. The van der Waals surface area contributed by atoms with Gasteiger partial charge >= 0.3 is 0 Å². The van der Waals surface area contributed by atoms with E-state index < -0.39 is 0 Å². The van der Waals surface area contributed by atoms with E-state index in [0.29, 0.717) is 11.5 Å². The molecule has 3 aromatic rings. The Kier molecular flexibility index (Phi) is 3.47. The molecule has 0 saturated carbocycles. The van der Waals surface area contributed by atoms with Gasteiger partial charge in [0.25, 0.3) is 0 Å². The third-order valence-corrected chi connectivity index (χ3v) is 4.08. The zero-order valence-corrected chi connectivity index (χ0v) is 13.3. The Morgan fingerprint density at radius 1 is 1.10 bits per heavy atom. The summed E-state index contributed by atoms with van der Waals surface area (Å²) in [4.78, 5) is 0. The second-order valence-corrected chi connectivity index (χ2v) is 5.76. The van der Waals surface area contributed by atoms with Crippen molar-refractivity contribution in [1.29, 1.82) is 0 Å². The fraction of sp³-hybridized carbons (Fsp3) is 0.133. The van der Waals surface area contributed by atoms with Crippen LogP contribution in [0.25, 0.3) is 17.1 Å². The lowest BCUT2D eigenvalue weighted by molar-refractivity contribution is 0.790. The summed E-state index contributed by atoms with van der Waals surface area (Å²) in [7, 11) is 0. The first kappa shape index (κ1) is 13.8. The van der Waals surface area contributed by atoms with Crippen LogP contribution in [-0.2, 0) is 0 Å². The highest BCUT2D eigenvalue weighted by Crippen LogP contribution is 2.32. The Hall–Kier alpha value is -2.21. The van der Waals surface area contributed by atoms with Crippen LogP contribution in [0.1, 0.15) is 11.1 Å². The van der Waals surface area contributed by atoms with Gasteiger partial charge in [0.1, 0.15) is 0 Å². The van der Waals surface area contributed by atoms with Crippen molar-refractivity contribution in [3.05, 3.63) is 52.0 Å². The van der Waals surface area contributed by atoms with Crippen molar-refractivity contribution < 1.29 is 0 Å². The molecule has 0 aliphatic heterocycles. The molecule has 0 saturated heterocycles. The summed E-state index contributed by atoms with van der Waals surface area (Å²) in [5.74, 6) is 0.652. The molecule has 0 spiro atoms. The second kappa shape index (κ2) is 5.29. The SMILES string of the molecule is Cc1cc(C)cc(-n2nnnc2-c2cccc(N)c2Br)c1. The molecule has 0 atom stereocenters. The zero-order chi connectivity index (χ0) is 15.0. The maximum atomic E-state index is 5.94. The van der Waals surface area contributed by atoms with Crippen LogP contribution in [0.2, 0.25) is 0 Å². The first-order chi connectivity index (χ1) is 10.1. The van der Waals surface area contributed by atoms with Crippen molar-refractivity contribution in [2.24, 2.45) is 0 Å². The van der Waals surface area contributed by atoms with Crippen LogP contribution >= 0.6 is 15.9 Å². The van der Waals surface area contributed by atoms with Crippen molar-refractivity contribution in [2.75, 3.05) is 5.73 Å². The molecule has 0 radical (unpaired) electrons. The van der Waals surface area contributed by atoms with Gasteiger partial charge < -0.3 is 5.73 Å². The number of nitrogens with zero attached hydrogens (tertiary/aromatic N) is 4. The van der Waals surface area contributed by atoms with Crippen LogP contribution in [0, 0.1) is 13.8 Å². The van der Waals surface area contributed by atoms with E-state index >= 15 is 0 Å². The Bertz CT molecular complexity index is 789. The van der Waals surface area contributed by atoms with E-state index in [1.807, 2.05) is 30.3 Å². The highest BCUT2D eigenvalue weighted by atomic mass is 79.9. The van der Waals surface area contributed by atoms with E-state index in [1.54, 1.807) is 4.68 Å². The predicted octanol–water partition coefficient (Wildman–Crippen LogP) is 3.29. The molecule has 0 unspecified atom stereocenters. The van der Waals surface area contributed by atoms with Crippen LogP contribution in [0.15, 0.2) is 40.9 Å². The van der Waals surface area contributed by atoms with Gasteiger partial charge in [0, 0.05) is 11.3 Å². The quantitative estimate of drug-likeness (QED) is 0.725. The van der Waals surface area contributed by atoms with Gasteiger partial charge in [-0.2, -0.15) is 4.68 Å². The number of halogens is 1. The average molecular weight is 344 g/mol. The van der Waals surface area contributed by atoms with Gasteiger partial charge in [-0.1, -0.05) is 12.1 Å². The van der Waals surface area contributed by atoms with E-state index in [-0.39, 0.29) is 0 Å². The number of nitrogen functional groups attached to an aromatic ring is 1. The Balaban J connectivity index is 2.19. The molecular formula is C15H14BrN5. The minimum absolute atomic E-state index is 0.652. The number of anilines is 1. The summed E-state index contributed by atoms with van der Waals surface area (Å²) in [6, 6.07) is 11.9. The molecule has 0 aliphatic rings. The number of nitrogens with two attached hydrogens (primary N) is 1. The fourth-order valence-corrected chi connectivity index (χ4v) is 2.77. The smallest absolute Gasteiger partial charge is 0.188 e. The molecule has 1 heterocycles. The maximum absolute atomic E-state index is 5.94. The average Bonchev–Trinajstić information content (AvgIpc) is 2.90. The Morgan fingerprint density at radius 2 is 1.81 bits per heavy atom. The lowest BCUT2D eigenvalue weighted by atomic mass is 10.1. The summed E-state index contributed by atoms with van der Waals surface area (Å²) < 4.78 is 2.52. The number of hydrogen-bond donors (Lipinski definition) is 1. The van der Waals surface area contributed by atoms with Crippen LogP contribution in [0.3, 0.4) is 0 Å². The maximum Gasteiger partial charge on any atom is 0.188 e. The standard InChI is InChI=1S/C15H14BrN5/c1-9-6-10(2)8-11(7-9)21-15(18-19-20-21)12-4-3-5-13(17)14(12)16/h3-8H,17H2,1-2H3. The summed E-state index contributed by atoms with van der Waals surface area (Å²) in [5.41, 5.74) is 10.7. The van der Waals surface area contributed by atoms with Gasteiger partial charge in [0.15, 0.2) is 5.82 Å². The van der Waals surface area contributed by atoms with E-state index in [9.17, 15) is 0 Å². The topological polar surface area (TPSA) is 69.6 Å².